The minimum Gasteiger partial charge on any atom is -0.507 e. The molecule has 0 aromatic heterocycles. The zero-order valence-corrected chi connectivity index (χ0v) is 20.2. The molecule has 2 aliphatic heterocycles. The largest absolute Gasteiger partial charge is 0.507 e. The summed E-state index contributed by atoms with van der Waals surface area (Å²) in [5.74, 6) is -1.14. The van der Waals surface area contributed by atoms with Gasteiger partial charge in [0, 0.05) is 19.2 Å². The van der Waals surface area contributed by atoms with Gasteiger partial charge in [-0.15, -0.1) is 0 Å². The fraction of sp³-hybridized carbons (Fsp3) is 0.385. The van der Waals surface area contributed by atoms with Crippen LogP contribution in [0.15, 0.2) is 42.0 Å². The van der Waals surface area contributed by atoms with Crippen LogP contribution in [0.2, 0.25) is 5.02 Å². The van der Waals surface area contributed by atoms with Crippen molar-refractivity contribution in [3.63, 3.8) is 0 Å². The van der Waals surface area contributed by atoms with Gasteiger partial charge >= 0.3 is 0 Å². The lowest BCUT2D eigenvalue weighted by Gasteiger charge is -2.27. The van der Waals surface area contributed by atoms with Crippen molar-refractivity contribution >= 4 is 29.1 Å². The van der Waals surface area contributed by atoms with Crippen molar-refractivity contribution in [3.8, 4) is 11.5 Å². The van der Waals surface area contributed by atoms with Gasteiger partial charge in [0.2, 0.25) is 0 Å². The van der Waals surface area contributed by atoms with E-state index in [0.717, 1.165) is 30.4 Å². The number of carbonyl (C=O) groups excluding carboxylic acids is 2. The van der Waals surface area contributed by atoms with Crippen LogP contribution in [0.3, 0.4) is 0 Å². The number of hydrogen-bond acceptors (Lipinski definition) is 6. The normalized spacial score (nSPS) is 21.8. The van der Waals surface area contributed by atoms with Gasteiger partial charge in [-0.1, -0.05) is 42.8 Å². The predicted octanol–water partition coefficient (Wildman–Crippen LogP) is 4.52. The molecule has 0 saturated carbocycles. The number of aryl methyl sites for hydroxylation is 1. The summed E-state index contributed by atoms with van der Waals surface area (Å²) in [4.78, 5) is 27.9. The molecule has 1 amide bonds. The van der Waals surface area contributed by atoms with Crippen molar-refractivity contribution in [2.45, 2.75) is 38.3 Å². The van der Waals surface area contributed by atoms with Gasteiger partial charge in [-0.25, -0.2) is 0 Å². The van der Waals surface area contributed by atoms with Crippen LogP contribution in [0.1, 0.15) is 42.5 Å². The second-order valence-electron chi connectivity index (χ2n) is 8.37. The monoisotopic (exact) mass is 485 g/mol. The lowest BCUT2D eigenvalue weighted by Crippen LogP contribution is -2.36. The Morgan fingerprint density at radius 1 is 1.15 bits per heavy atom. The first-order valence-corrected chi connectivity index (χ1v) is 11.7. The molecule has 2 aromatic carbocycles. The molecule has 0 radical (unpaired) electrons. The molecule has 0 aliphatic carbocycles. The highest BCUT2D eigenvalue weighted by Gasteiger charge is 2.47. The van der Waals surface area contributed by atoms with E-state index in [1.165, 1.54) is 31.3 Å². The van der Waals surface area contributed by atoms with Crippen molar-refractivity contribution in [2.24, 2.45) is 0 Å². The van der Waals surface area contributed by atoms with Gasteiger partial charge in [-0.2, -0.15) is 0 Å². The van der Waals surface area contributed by atoms with Gasteiger partial charge in [-0.3, -0.25) is 9.59 Å². The minimum absolute atomic E-state index is 0.00761. The van der Waals surface area contributed by atoms with E-state index in [4.69, 9.17) is 25.8 Å². The molecule has 4 rings (SSSR count). The third kappa shape index (κ3) is 4.38. The van der Waals surface area contributed by atoms with Gasteiger partial charge in [0.25, 0.3) is 11.7 Å². The lowest BCUT2D eigenvalue weighted by molar-refractivity contribution is -0.140. The molecule has 2 heterocycles. The van der Waals surface area contributed by atoms with Crippen LogP contribution < -0.4 is 9.47 Å². The van der Waals surface area contributed by atoms with Crippen molar-refractivity contribution in [3.05, 3.63) is 63.7 Å². The number of aliphatic hydroxyl groups is 1. The van der Waals surface area contributed by atoms with Gasteiger partial charge < -0.3 is 24.2 Å². The number of halogens is 1. The average molecular weight is 486 g/mol. The van der Waals surface area contributed by atoms with Crippen LogP contribution in [0.25, 0.3) is 5.76 Å². The third-order valence-corrected chi connectivity index (χ3v) is 6.69. The van der Waals surface area contributed by atoms with E-state index in [9.17, 15) is 14.7 Å². The van der Waals surface area contributed by atoms with Crippen molar-refractivity contribution in [1.29, 1.82) is 0 Å². The summed E-state index contributed by atoms with van der Waals surface area (Å²) in [5.41, 5.74) is 2.06. The molecule has 7 nitrogen and oxygen atoms in total. The second kappa shape index (κ2) is 10.1. The Balaban J connectivity index is 1.87. The molecular weight excluding hydrogens is 458 g/mol. The molecule has 2 fully saturated rings. The summed E-state index contributed by atoms with van der Waals surface area (Å²) in [6.07, 6.45) is 2.43. The molecule has 2 atom stereocenters. The maximum Gasteiger partial charge on any atom is 0.295 e. The second-order valence-corrected chi connectivity index (χ2v) is 8.78. The van der Waals surface area contributed by atoms with Crippen LogP contribution in [0.5, 0.6) is 11.5 Å². The van der Waals surface area contributed by atoms with Crippen molar-refractivity contribution in [2.75, 3.05) is 27.4 Å². The molecule has 0 spiro atoms. The van der Waals surface area contributed by atoms with Crippen LogP contribution in [0.4, 0.5) is 0 Å². The predicted molar refractivity (Wildman–Crippen MR) is 128 cm³/mol. The third-order valence-electron chi connectivity index (χ3n) is 6.40. The van der Waals surface area contributed by atoms with Gasteiger partial charge in [0.1, 0.15) is 17.3 Å². The maximum atomic E-state index is 13.3. The lowest BCUT2D eigenvalue weighted by atomic mass is 9.94. The maximum absolute atomic E-state index is 13.3. The Labute approximate surface area is 203 Å². The molecule has 2 unspecified atom stereocenters. The number of Topliss-reactive ketones (excluding diaryl/α,β-unsaturated/α-hetero) is 1. The quantitative estimate of drug-likeness (QED) is 0.352. The first-order valence-electron chi connectivity index (χ1n) is 11.3. The molecular formula is C26H28ClNO6. The van der Waals surface area contributed by atoms with E-state index in [1.807, 2.05) is 24.3 Å². The standard InChI is InChI=1S/C26H28ClNO6/c1-4-15-7-9-16(10-8-15)23-22(25(30)26(31)28(23)14-17-6-5-11-34-17)24(29)18-12-19(27)21(33-3)13-20(18)32-2/h7-10,12-13,17,23,29H,4-6,11,14H2,1-3H3/b24-22+. The first-order chi connectivity index (χ1) is 16.4. The number of likely N-dealkylation sites (tertiary alicyclic amines) is 1. The Morgan fingerprint density at radius 2 is 1.85 bits per heavy atom. The molecule has 0 bridgehead atoms. The molecule has 34 heavy (non-hydrogen) atoms. The molecule has 2 aromatic rings. The highest BCUT2D eigenvalue weighted by molar-refractivity contribution is 6.46. The number of nitrogens with zero attached hydrogens (tertiary/aromatic N) is 1. The van der Waals surface area contributed by atoms with Crippen molar-refractivity contribution in [1.82, 2.24) is 4.90 Å². The number of rotatable bonds is 7. The van der Waals surface area contributed by atoms with Crippen LogP contribution in [-0.2, 0) is 20.7 Å². The van der Waals surface area contributed by atoms with Gasteiger partial charge in [-0.05, 0) is 36.5 Å². The Bertz CT molecular complexity index is 1120. The summed E-state index contributed by atoms with van der Waals surface area (Å²) in [7, 11) is 2.91. The number of ketones is 1. The van der Waals surface area contributed by atoms with E-state index in [2.05, 4.69) is 6.92 Å². The van der Waals surface area contributed by atoms with E-state index in [0.29, 0.717) is 12.4 Å². The van der Waals surface area contributed by atoms with E-state index in [-0.39, 0.29) is 40.3 Å². The van der Waals surface area contributed by atoms with E-state index in [1.54, 1.807) is 0 Å². The highest BCUT2D eigenvalue weighted by Crippen LogP contribution is 2.43. The van der Waals surface area contributed by atoms with Gasteiger partial charge in [0.15, 0.2) is 0 Å². The SMILES string of the molecule is CCc1ccc(C2/C(=C(\O)c3cc(Cl)c(OC)cc3OC)C(=O)C(=O)N2CC2CCCO2)cc1. The van der Waals surface area contributed by atoms with Crippen LogP contribution >= 0.6 is 11.6 Å². The average Bonchev–Trinajstić information content (AvgIpc) is 3.46. The van der Waals surface area contributed by atoms with E-state index >= 15 is 0 Å². The smallest absolute Gasteiger partial charge is 0.295 e. The number of ether oxygens (including phenoxy) is 3. The molecule has 1 N–H and O–H groups in total. The summed E-state index contributed by atoms with van der Waals surface area (Å²) in [5, 5.41) is 11.6. The van der Waals surface area contributed by atoms with Crippen LogP contribution in [0, 0.1) is 0 Å². The summed E-state index contributed by atoms with van der Waals surface area (Å²) in [6.45, 7) is 2.95. The summed E-state index contributed by atoms with van der Waals surface area (Å²) in [6, 6.07) is 9.95. The fourth-order valence-corrected chi connectivity index (χ4v) is 4.79. The number of amides is 1. The van der Waals surface area contributed by atoms with E-state index < -0.39 is 17.7 Å². The fourth-order valence-electron chi connectivity index (χ4n) is 4.55. The summed E-state index contributed by atoms with van der Waals surface area (Å²) >= 11 is 6.31. The number of aliphatic hydroxyl groups excluding tert-OH is 1. The first kappa shape index (κ1) is 24.1. The topological polar surface area (TPSA) is 85.3 Å². The molecule has 180 valence electrons. The number of benzene rings is 2. The minimum atomic E-state index is -0.763. The highest BCUT2D eigenvalue weighted by atomic mass is 35.5. The Kier molecular flexibility index (Phi) is 7.14. The molecule has 8 heteroatoms. The zero-order valence-electron chi connectivity index (χ0n) is 19.5. The number of carbonyl (C=O) groups is 2. The zero-order chi connectivity index (χ0) is 24.4. The summed E-state index contributed by atoms with van der Waals surface area (Å²) < 4.78 is 16.4. The Morgan fingerprint density at radius 3 is 2.44 bits per heavy atom. The van der Waals surface area contributed by atoms with Crippen LogP contribution in [-0.4, -0.2) is 55.2 Å². The van der Waals surface area contributed by atoms with Gasteiger partial charge in [0.05, 0.1) is 42.5 Å². The molecule has 2 aliphatic rings. The number of methoxy groups -OCH3 is 2. The van der Waals surface area contributed by atoms with Crippen molar-refractivity contribution < 1.29 is 28.9 Å². The Hall–Kier alpha value is -3.03. The molecule has 2 saturated heterocycles. The number of hydrogen-bond donors (Lipinski definition) is 1.